The molecule has 0 bridgehead atoms. The van der Waals surface area contributed by atoms with Gasteiger partial charge in [0, 0.05) is 24.9 Å². The minimum atomic E-state index is -0.345. The molecule has 0 amide bonds. The Kier molecular flexibility index (Phi) is 3.44. The molecule has 0 saturated carbocycles. The Balaban J connectivity index is 2.11. The van der Waals surface area contributed by atoms with Gasteiger partial charge in [0.15, 0.2) is 0 Å². The zero-order valence-corrected chi connectivity index (χ0v) is 13.4. The third-order valence-electron chi connectivity index (χ3n) is 3.47. The highest BCUT2D eigenvalue weighted by Crippen LogP contribution is 2.26. The van der Waals surface area contributed by atoms with Gasteiger partial charge in [-0.2, -0.15) is 5.10 Å². The molecule has 0 radical (unpaired) electrons. The molecule has 0 spiro atoms. The van der Waals surface area contributed by atoms with Gasteiger partial charge in [0.2, 0.25) is 5.95 Å². The Morgan fingerprint density at radius 1 is 1.38 bits per heavy atom. The van der Waals surface area contributed by atoms with Gasteiger partial charge in [-0.1, -0.05) is 6.92 Å². The average Bonchev–Trinajstić information content (AvgIpc) is 2.93. The topological polar surface area (TPSA) is 61.7 Å². The van der Waals surface area contributed by atoms with E-state index in [1.807, 2.05) is 17.8 Å². The highest BCUT2D eigenvalue weighted by molar-refractivity contribution is 9.10. The van der Waals surface area contributed by atoms with Crippen LogP contribution in [-0.4, -0.2) is 19.3 Å². The zero-order chi connectivity index (χ0) is 15.1. The van der Waals surface area contributed by atoms with Crippen LogP contribution in [0.1, 0.15) is 18.2 Å². The molecule has 21 heavy (non-hydrogen) atoms. The van der Waals surface area contributed by atoms with Crippen molar-refractivity contribution in [1.82, 2.24) is 19.3 Å². The molecule has 2 aromatic heterocycles. The molecule has 5 nitrogen and oxygen atoms in total. The van der Waals surface area contributed by atoms with Gasteiger partial charge in [0.05, 0.1) is 27.7 Å². The molecule has 0 fully saturated rings. The second-order valence-electron chi connectivity index (χ2n) is 4.94. The predicted octanol–water partition coefficient (Wildman–Crippen LogP) is 2.86. The predicted molar refractivity (Wildman–Crippen MR) is 83.5 cm³/mol. The SMILES string of the molecule is CCc1nn(C)cc1Cn1c(N)nc2cc(F)c(Br)cc21. The van der Waals surface area contributed by atoms with E-state index >= 15 is 0 Å². The van der Waals surface area contributed by atoms with Gasteiger partial charge in [0.1, 0.15) is 5.82 Å². The van der Waals surface area contributed by atoms with E-state index in [1.54, 1.807) is 10.7 Å². The third-order valence-corrected chi connectivity index (χ3v) is 4.08. The molecular formula is C14H15BrFN5. The van der Waals surface area contributed by atoms with Crippen LogP contribution >= 0.6 is 15.9 Å². The lowest BCUT2D eigenvalue weighted by molar-refractivity contribution is 0.622. The second kappa shape index (κ2) is 5.14. The van der Waals surface area contributed by atoms with Gasteiger partial charge in [-0.05, 0) is 28.4 Å². The van der Waals surface area contributed by atoms with E-state index in [0.717, 1.165) is 23.2 Å². The molecule has 7 heteroatoms. The molecule has 110 valence electrons. The van der Waals surface area contributed by atoms with Crippen molar-refractivity contribution in [1.29, 1.82) is 0 Å². The lowest BCUT2D eigenvalue weighted by Gasteiger charge is -2.06. The standard InChI is InChI=1S/C14H15BrFN5/c1-3-11-8(6-20(2)19-11)7-21-13-4-9(15)10(16)5-12(13)18-14(21)17/h4-6H,3,7H2,1-2H3,(H2,17,18). The number of aromatic nitrogens is 4. The lowest BCUT2D eigenvalue weighted by atomic mass is 10.2. The molecule has 0 aliphatic heterocycles. The first-order valence-corrected chi connectivity index (χ1v) is 7.41. The Bertz CT molecular complexity index is 820. The summed E-state index contributed by atoms with van der Waals surface area (Å²) in [6.07, 6.45) is 2.82. The van der Waals surface area contributed by atoms with Crippen LogP contribution in [0.4, 0.5) is 10.3 Å². The largest absolute Gasteiger partial charge is 0.369 e. The minimum Gasteiger partial charge on any atom is -0.369 e. The first kappa shape index (κ1) is 14.1. The summed E-state index contributed by atoms with van der Waals surface area (Å²) in [7, 11) is 1.89. The number of halogens is 2. The number of nitrogen functional groups attached to an aromatic ring is 1. The van der Waals surface area contributed by atoms with E-state index in [0.29, 0.717) is 22.5 Å². The number of aryl methyl sites for hydroxylation is 2. The Hall–Kier alpha value is -1.89. The summed E-state index contributed by atoms with van der Waals surface area (Å²) in [5.41, 5.74) is 9.45. The highest BCUT2D eigenvalue weighted by Gasteiger charge is 2.14. The number of hydrogen-bond acceptors (Lipinski definition) is 3. The van der Waals surface area contributed by atoms with Crippen LogP contribution in [0.25, 0.3) is 11.0 Å². The molecule has 0 atom stereocenters. The van der Waals surface area contributed by atoms with E-state index in [-0.39, 0.29) is 5.82 Å². The number of benzene rings is 1. The van der Waals surface area contributed by atoms with Gasteiger partial charge >= 0.3 is 0 Å². The maximum atomic E-state index is 13.6. The van der Waals surface area contributed by atoms with Crippen molar-refractivity contribution in [2.75, 3.05) is 5.73 Å². The van der Waals surface area contributed by atoms with Gasteiger partial charge in [-0.3, -0.25) is 4.68 Å². The quantitative estimate of drug-likeness (QED) is 0.789. The molecule has 3 rings (SSSR count). The Morgan fingerprint density at radius 2 is 2.14 bits per heavy atom. The number of imidazole rings is 1. The smallest absolute Gasteiger partial charge is 0.201 e. The average molecular weight is 352 g/mol. The number of fused-ring (bicyclic) bond motifs is 1. The van der Waals surface area contributed by atoms with E-state index in [9.17, 15) is 4.39 Å². The lowest BCUT2D eigenvalue weighted by Crippen LogP contribution is -2.05. The van der Waals surface area contributed by atoms with Crippen LogP contribution in [-0.2, 0) is 20.0 Å². The van der Waals surface area contributed by atoms with E-state index in [4.69, 9.17) is 5.73 Å². The summed E-state index contributed by atoms with van der Waals surface area (Å²) in [4.78, 5) is 4.23. The van der Waals surface area contributed by atoms with Gasteiger partial charge in [-0.15, -0.1) is 0 Å². The summed E-state index contributed by atoms with van der Waals surface area (Å²) in [5, 5.41) is 4.42. The Labute approximate surface area is 129 Å². The summed E-state index contributed by atoms with van der Waals surface area (Å²) >= 11 is 3.20. The number of hydrogen-bond donors (Lipinski definition) is 1. The first-order chi connectivity index (χ1) is 9.99. The van der Waals surface area contributed by atoms with Crippen molar-refractivity contribution in [3.8, 4) is 0 Å². The summed E-state index contributed by atoms with van der Waals surface area (Å²) in [5.74, 6) is 0.0242. The van der Waals surface area contributed by atoms with Crippen molar-refractivity contribution in [2.24, 2.45) is 7.05 Å². The number of nitrogens with zero attached hydrogens (tertiary/aromatic N) is 4. The van der Waals surface area contributed by atoms with Crippen LogP contribution in [0.5, 0.6) is 0 Å². The summed E-state index contributed by atoms with van der Waals surface area (Å²) in [6.45, 7) is 2.63. The maximum Gasteiger partial charge on any atom is 0.201 e. The number of nitrogens with two attached hydrogens (primary N) is 1. The molecule has 0 saturated heterocycles. The van der Waals surface area contributed by atoms with Gasteiger partial charge < -0.3 is 10.3 Å². The van der Waals surface area contributed by atoms with Crippen molar-refractivity contribution in [3.05, 3.63) is 39.9 Å². The summed E-state index contributed by atoms with van der Waals surface area (Å²) in [6, 6.07) is 3.09. The van der Waals surface area contributed by atoms with Crippen molar-refractivity contribution in [3.63, 3.8) is 0 Å². The Morgan fingerprint density at radius 3 is 2.86 bits per heavy atom. The van der Waals surface area contributed by atoms with Gasteiger partial charge in [-0.25, -0.2) is 9.37 Å². The molecule has 1 aromatic carbocycles. The number of anilines is 1. The third kappa shape index (κ3) is 2.42. The minimum absolute atomic E-state index is 0.345. The van der Waals surface area contributed by atoms with Gasteiger partial charge in [0.25, 0.3) is 0 Å². The molecule has 2 N–H and O–H groups in total. The molecule has 2 heterocycles. The van der Waals surface area contributed by atoms with Crippen molar-refractivity contribution < 1.29 is 4.39 Å². The zero-order valence-electron chi connectivity index (χ0n) is 11.8. The summed E-state index contributed by atoms with van der Waals surface area (Å²) < 4.78 is 17.7. The molecule has 0 aliphatic carbocycles. The molecule has 0 unspecified atom stereocenters. The van der Waals surface area contributed by atoms with Crippen molar-refractivity contribution in [2.45, 2.75) is 19.9 Å². The fraction of sp³-hybridized carbons (Fsp3) is 0.286. The maximum absolute atomic E-state index is 13.6. The van der Waals surface area contributed by atoms with Crippen LogP contribution < -0.4 is 5.73 Å². The first-order valence-electron chi connectivity index (χ1n) is 6.61. The molecule has 0 aliphatic rings. The van der Waals surface area contributed by atoms with E-state index < -0.39 is 0 Å². The molecule has 3 aromatic rings. The van der Waals surface area contributed by atoms with Crippen LogP contribution in [0, 0.1) is 5.82 Å². The molecular weight excluding hydrogens is 337 g/mol. The van der Waals surface area contributed by atoms with Crippen LogP contribution in [0.15, 0.2) is 22.8 Å². The van der Waals surface area contributed by atoms with E-state index in [1.165, 1.54) is 6.07 Å². The fourth-order valence-corrected chi connectivity index (χ4v) is 2.82. The highest BCUT2D eigenvalue weighted by atomic mass is 79.9. The second-order valence-corrected chi connectivity index (χ2v) is 5.79. The fourth-order valence-electron chi connectivity index (χ4n) is 2.49. The van der Waals surface area contributed by atoms with E-state index in [2.05, 4.69) is 32.9 Å². The van der Waals surface area contributed by atoms with Crippen LogP contribution in [0.3, 0.4) is 0 Å². The van der Waals surface area contributed by atoms with Crippen molar-refractivity contribution >= 4 is 32.9 Å². The van der Waals surface area contributed by atoms with Crippen LogP contribution in [0.2, 0.25) is 0 Å². The number of rotatable bonds is 3. The normalized spacial score (nSPS) is 11.4. The monoisotopic (exact) mass is 351 g/mol.